The number of alkyl halides is 3. The lowest BCUT2D eigenvalue weighted by Gasteiger charge is -2.17. The van der Waals surface area contributed by atoms with Gasteiger partial charge < -0.3 is 9.84 Å². The van der Waals surface area contributed by atoms with Crippen molar-refractivity contribution in [1.82, 2.24) is 0 Å². The molecule has 0 saturated carbocycles. The number of halogens is 3. The first-order valence-electron chi connectivity index (χ1n) is 4.85. The summed E-state index contributed by atoms with van der Waals surface area (Å²) in [6, 6.07) is 4.71. The summed E-state index contributed by atoms with van der Waals surface area (Å²) in [5.41, 5.74) is -0.905. The van der Waals surface area contributed by atoms with Gasteiger partial charge in [-0.15, -0.1) is 0 Å². The highest BCUT2D eigenvalue weighted by molar-refractivity contribution is 5.67. The third kappa shape index (κ3) is 3.97. The monoisotopic (exact) mass is 248 g/mol. The van der Waals surface area contributed by atoms with E-state index in [4.69, 9.17) is 9.84 Å². The van der Waals surface area contributed by atoms with Crippen molar-refractivity contribution in [1.29, 1.82) is 0 Å². The van der Waals surface area contributed by atoms with Crippen LogP contribution in [-0.2, 0) is 11.0 Å². The Morgan fingerprint density at radius 3 is 2.53 bits per heavy atom. The molecule has 0 radical (unpaired) electrons. The minimum atomic E-state index is -4.51. The van der Waals surface area contributed by atoms with E-state index in [2.05, 4.69) is 0 Å². The smallest absolute Gasteiger partial charge is 0.419 e. The maximum Gasteiger partial charge on any atom is 0.419 e. The van der Waals surface area contributed by atoms with Gasteiger partial charge in [0, 0.05) is 0 Å². The summed E-state index contributed by atoms with van der Waals surface area (Å²) in [6.07, 6.45) is -5.69. The molecule has 0 fully saturated rings. The zero-order chi connectivity index (χ0) is 13.1. The number of carbonyl (C=O) groups is 1. The van der Waals surface area contributed by atoms with Crippen molar-refractivity contribution >= 4 is 5.97 Å². The van der Waals surface area contributed by atoms with E-state index < -0.39 is 23.8 Å². The highest BCUT2D eigenvalue weighted by atomic mass is 19.4. The Balaban J connectivity index is 2.87. The Labute approximate surface area is 95.8 Å². The fraction of sp³-hybridized carbons (Fsp3) is 0.364. The molecule has 0 bridgehead atoms. The SMILES string of the molecule is C[C@H](CC(=O)O)Oc1ccccc1C(F)(F)F. The summed E-state index contributed by atoms with van der Waals surface area (Å²) in [5, 5.41) is 8.49. The first kappa shape index (κ1) is 13.3. The molecule has 3 nitrogen and oxygen atoms in total. The Kier molecular flexibility index (Phi) is 3.98. The van der Waals surface area contributed by atoms with Crippen LogP contribution in [-0.4, -0.2) is 17.2 Å². The molecule has 1 rings (SSSR count). The molecule has 0 saturated heterocycles. The van der Waals surface area contributed by atoms with Gasteiger partial charge in [0.1, 0.15) is 11.9 Å². The molecule has 1 aromatic carbocycles. The molecule has 0 spiro atoms. The summed E-state index contributed by atoms with van der Waals surface area (Å²) in [4.78, 5) is 10.4. The van der Waals surface area contributed by atoms with E-state index in [1.54, 1.807) is 0 Å². The van der Waals surface area contributed by atoms with E-state index in [1.165, 1.54) is 25.1 Å². The predicted molar refractivity (Wildman–Crippen MR) is 53.8 cm³/mol. The Morgan fingerprint density at radius 2 is 2.00 bits per heavy atom. The summed E-state index contributed by atoms with van der Waals surface area (Å²) >= 11 is 0. The molecule has 94 valence electrons. The molecule has 17 heavy (non-hydrogen) atoms. The van der Waals surface area contributed by atoms with Crippen molar-refractivity contribution in [2.45, 2.75) is 25.6 Å². The molecule has 0 aromatic heterocycles. The number of aliphatic carboxylic acids is 1. The number of benzene rings is 1. The van der Waals surface area contributed by atoms with Crippen molar-refractivity contribution in [3.05, 3.63) is 29.8 Å². The molecule has 0 aliphatic carbocycles. The maximum absolute atomic E-state index is 12.6. The van der Waals surface area contributed by atoms with Crippen molar-refractivity contribution < 1.29 is 27.8 Å². The predicted octanol–water partition coefficient (Wildman–Crippen LogP) is 2.95. The second-order valence-corrected chi connectivity index (χ2v) is 3.52. The van der Waals surface area contributed by atoms with Crippen molar-refractivity contribution in [2.24, 2.45) is 0 Å². The number of carboxylic acid groups (broad SMARTS) is 1. The van der Waals surface area contributed by atoms with E-state index in [0.717, 1.165) is 6.07 Å². The topological polar surface area (TPSA) is 46.5 Å². The first-order chi connectivity index (χ1) is 7.80. The van der Waals surface area contributed by atoms with Crippen LogP contribution < -0.4 is 4.74 Å². The molecule has 1 aromatic rings. The summed E-state index contributed by atoms with van der Waals surface area (Å²) < 4.78 is 42.7. The Bertz CT molecular complexity index is 401. The number of hydrogen-bond donors (Lipinski definition) is 1. The normalized spacial score (nSPS) is 13.2. The number of rotatable bonds is 4. The van der Waals surface area contributed by atoms with E-state index in [0.29, 0.717) is 0 Å². The Morgan fingerprint density at radius 1 is 1.41 bits per heavy atom. The maximum atomic E-state index is 12.6. The zero-order valence-corrected chi connectivity index (χ0v) is 8.99. The lowest BCUT2D eigenvalue weighted by Crippen LogP contribution is -2.19. The van der Waals surface area contributed by atoms with Crippen molar-refractivity contribution in [3.8, 4) is 5.75 Å². The standard InChI is InChI=1S/C11H11F3O3/c1-7(6-10(15)16)17-9-5-3-2-4-8(9)11(12,13)14/h2-5,7H,6H2,1H3,(H,15,16)/t7-/m1/s1. The molecule has 0 heterocycles. The van der Waals surface area contributed by atoms with Crippen molar-refractivity contribution in [2.75, 3.05) is 0 Å². The second-order valence-electron chi connectivity index (χ2n) is 3.52. The van der Waals surface area contributed by atoms with Gasteiger partial charge in [0.25, 0.3) is 0 Å². The molecular formula is C11H11F3O3. The zero-order valence-electron chi connectivity index (χ0n) is 8.99. The number of carboxylic acids is 1. The lowest BCUT2D eigenvalue weighted by atomic mass is 10.2. The molecule has 1 N–H and O–H groups in total. The third-order valence-corrected chi connectivity index (χ3v) is 1.98. The molecule has 0 aliphatic rings. The van der Waals surface area contributed by atoms with E-state index >= 15 is 0 Å². The summed E-state index contributed by atoms with van der Waals surface area (Å²) in [6.45, 7) is 1.40. The first-order valence-corrected chi connectivity index (χ1v) is 4.85. The Hall–Kier alpha value is -1.72. The van der Waals surface area contributed by atoms with Gasteiger partial charge in [-0.3, -0.25) is 4.79 Å². The molecule has 0 amide bonds. The molecular weight excluding hydrogens is 237 g/mol. The van der Waals surface area contributed by atoms with Crippen LogP contribution >= 0.6 is 0 Å². The highest BCUT2D eigenvalue weighted by Gasteiger charge is 2.34. The fourth-order valence-corrected chi connectivity index (χ4v) is 1.31. The average Bonchev–Trinajstić information content (AvgIpc) is 2.15. The fourth-order valence-electron chi connectivity index (χ4n) is 1.31. The molecule has 0 aliphatic heterocycles. The van der Waals surface area contributed by atoms with Crippen molar-refractivity contribution in [3.63, 3.8) is 0 Å². The number of ether oxygens (including phenoxy) is 1. The minimum Gasteiger partial charge on any atom is -0.489 e. The quantitative estimate of drug-likeness (QED) is 0.891. The molecule has 0 unspecified atom stereocenters. The minimum absolute atomic E-state index is 0.353. The largest absolute Gasteiger partial charge is 0.489 e. The van der Waals surface area contributed by atoms with Gasteiger partial charge in [0.05, 0.1) is 12.0 Å². The number of para-hydroxylation sites is 1. The van der Waals surface area contributed by atoms with Gasteiger partial charge in [-0.1, -0.05) is 12.1 Å². The molecule has 6 heteroatoms. The number of hydrogen-bond acceptors (Lipinski definition) is 2. The van der Waals surface area contributed by atoms with Gasteiger partial charge in [-0.2, -0.15) is 13.2 Å². The van der Waals surface area contributed by atoms with E-state index in [9.17, 15) is 18.0 Å². The highest BCUT2D eigenvalue weighted by Crippen LogP contribution is 2.36. The second kappa shape index (κ2) is 5.07. The van der Waals surface area contributed by atoms with Gasteiger partial charge in [-0.25, -0.2) is 0 Å². The summed E-state index contributed by atoms with van der Waals surface area (Å²) in [7, 11) is 0. The van der Waals surface area contributed by atoms with Gasteiger partial charge in [0.2, 0.25) is 0 Å². The van der Waals surface area contributed by atoms with Gasteiger partial charge >= 0.3 is 12.1 Å². The van der Waals surface area contributed by atoms with Crippen LogP contribution in [0.2, 0.25) is 0 Å². The van der Waals surface area contributed by atoms with Crippen LogP contribution in [0.15, 0.2) is 24.3 Å². The third-order valence-electron chi connectivity index (χ3n) is 1.98. The van der Waals surface area contributed by atoms with Crippen LogP contribution in [0.5, 0.6) is 5.75 Å². The van der Waals surface area contributed by atoms with Crippen LogP contribution in [0, 0.1) is 0 Å². The van der Waals surface area contributed by atoms with Crippen LogP contribution in [0.4, 0.5) is 13.2 Å². The van der Waals surface area contributed by atoms with E-state index in [-0.39, 0.29) is 12.2 Å². The van der Waals surface area contributed by atoms with Crippen LogP contribution in [0.3, 0.4) is 0 Å². The van der Waals surface area contributed by atoms with Crippen LogP contribution in [0.25, 0.3) is 0 Å². The van der Waals surface area contributed by atoms with E-state index in [1.807, 2.05) is 0 Å². The van der Waals surface area contributed by atoms with Crippen LogP contribution in [0.1, 0.15) is 18.9 Å². The lowest BCUT2D eigenvalue weighted by molar-refractivity contribution is -0.140. The van der Waals surface area contributed by atoms with Gasteiger partial charge in [0.15, 0.2) is 0 Å². The molecule has 1 atom stereocenters. The summed E-state index contributed by atoms with van der Waals surface area (Å²) in [5.74, 6) is -1.48. The average molecular weight is 248 g/mol. The van der Waals surface area contributed by atoms with Gasteiger partial charge in [-0.05, 0) is 19.1 Å².